The third-order valence-corrected chi connectivity index (χ3v) is 3.27. The summed E-state index contributed by atoms with van der Waals surface area (Å²) in [4.78, 5) is 0. The molecule has 1 aliphatic heterocycles. The molecule has 1 aromatic carbocycles. The van der Waals surface area contributed by atoms with Crippen LogP contribution in [0, 0.1) is 0 Å². The SMILES string of the molecule is OC1CCOC(c2cc(C(F)(F)F)ccc2Cl)C1. The van der Waals surface area contributed by atoms with Crippen molar-refractivity contribution >= 4 is 11.6 Å². The van der Waals surface area contributed by atoms with Gasteiger partial charge in [-0.25, -0.2) is 0 Å². The fraction of sp³-hybridized carbons (Fsp3) is 0.500. The van der Waals surface area contributed by atoms with Gasteiger partial charge >= 0.3 is 6.18 Å². The predicted octanol–water partition coefficient (Wildman–Crippen LogP) is 3.57. The third-order valence-electron chi connectivity index (χ3n) is 2.93. The highest BCUT2D eigenvalue weighted by molar-refractivity contribution is 6.31. The predicted molar refractivity (Wildman–Crippen MR) is 60.4 cm³/mol. The number of hydrogen-bond acceptors (Lipinski definition) is 2. The molecule has 1 heterocycles. The largest absolute Gasteiger partial charge is 0.416 e. The van der Waals surface area contributed by atoms with E-state index in [2.05, 4.69) is 0 Å². The second-order valence-electron chi connectivity index (χ2n) is 4.27. The number of aliphatic hydroxyl groups excluding tert-OH is 1. The molecule has 0 aromatic heterocycles. The Morgan fingerprint density at radius 1 is 1.33 bits per heavy atom. The van der Waals surface area contributed by atoms with Crippen molar-refractivity contribution in [2.75, 3.05) is 6.61 Å². The summed E-state index contributed by atoms with van der Waals surface area (Å²) < 4.78 is 43.2. The molecule has 18 heavy (non-hydrogen) atoms. The van der Waals surface area contributed by atoms with Crippen molar-refractivity contribution in [2.45, 2.75) is 31.2 Å². The third kappa shape index (κ3) is 2.96. The van der Waals surface area contributed by atoms with Gasteiger partial charge in [0, 0.05) is 23.6 Å². The first kappa shape index (κ1) is 13.6. The quantitative estimate of drug-likeness (QED) is 0.852. The molecule has 0 spiro atoms. The molecule has 2 nitrogen and oxygen atoms in total. The fourth-order valence-electron chi connectivity index (χ4n) is 1.96. The van der Waals surface area contributed by atoms with Crippen molar-refractivity contribution in [3.8, 4) is 0 Å². The Balaban J connectivity index is 2.31. The smallest absolute Gasteiger partial charge is 0.393 e. The van der Waals surface area contributed by atoms with Crippen LogP contribution in [0.15, 0.2) is 18.2 Å². The van der Waals surface area contributed by atoms with Crippen molar-refractivity contribution in [1.82, 2.24) is 0 Å². The summed E-state index contributed by atoms with van der Waals surface area (Å²) in [5.74, 6) is 0. The maximum atomic E-state index is 12.6. The molecule has 2 rings (SSSR count). The first-order chi connectivity index (χ1) is 8.38. The molecule has 0 saturated carbocycles. The molecule has 1 saturated heterocycles. The lowest BCUT2D eigenvalue weighted by Gasteiger charge is -2.27. The summed E-state index contributed by atoms with van der Waals surface area (Å²) in [6.45, 7) is 0.318. The van der Waals surface area contributed by atoms with Crippen molar-refractivity contribution in [3.05, 3.63) is 34.3 Å². The standard InChI is InChI=1S/C12H12ClF3O2/c13-10-2-1-7(12(14,15)16)5-9(10)11-6-8(17)3-4-18-11/h1-2,5,8,11,17H,3-4,6H2. The van der Waals surface area contributed by atoms with Gasteiger partial charge in [-0.1, -0.05) is 11.6 Å². The Morgan fingerprint density at radius 2 is 2.06 bits per heavy atom. The Kier molecular flexibility index (Phi) is 3.84. The van der Waals surface area contributed by atoms with Gasteiger partial charge in [0.1, 0.15) is 0 Å². The minimum Gasteiger partial charge on any atom is -0.393 e. The van der Waals surface area contributed by atoms with Crippen molar-refractivity contribution in [1.29, 1.82) is 0 Å². The van der Waals surface area contributed by atoms with E-state index in [1.54, 1.807) is 0 Å². The molecule has 1 aromatic rings. The van der Waals surface area contributed by atoms with E-state index in [1.165, 1.54) is 6.07 Å². The Labute approximate surface area is 107 Å². The fourth-order valence-corrected chi connectivity index (χ4v) is 2.20. The number of halogens is 4. The molecule has 1 fully saturated rings. The molecule has 6 heteroatoms. The maximum Gasteiger partial charge on any atom is 0.416 e. The maximum absolute atomic E-state index is 12.6. The van der Waals surface area contributed by atoms with E-state index in [9.17, 15) is 18.3 Å². The zero-order chi connectivity index (χ0) is 13.3. The van der Waals surface area contributed by atoms with Crippen LogP contribution in [0.2, 0.25) is 5.02 Å². The molecule has 1 aliphatic rings. The van der Waals surface area contributed by atoms with Gasteiger partial charge in [-0.3, -0.25) is 0 Å². The van der Waals surface area contributed by atoms with Crippen molar-refractivity contribution < 1.29 is 23.0 Å². The molecule has 100 valence electrons. The van der Waals surface area contributed by atoms with Crippen LogP contribution >= 0.6 is 11.6 Å². The number of aliphatic hydroxyl groups is 1. The Bertz CT molecular complexity index is 434. The van der Waals surface area contributed by atoms with Crippen LogP contribution in [-0.2, 0) is 10.9 Å². The molecule has 2 atom stereocenters. The monoisotopic (exact) mass is 280 g/mol. The first-order valence-electron chi connectivity index (χ1n) is 5.54. The van der Waals surface area contributed by atoms with Crippen LogP contribution in [0.25, 0.3) is 0 Å². The van der Waals surface area contributed by atoms with Crippen LogP contribution in [0.3, 0.4) is 0 Å². The Morgan fingerprint density at radius 3 is 2.67 bits per heavy atom. The van der Waals surface area contributed by atoms with Gasteiger partial charge in [0.25, 0.3) is 0 Å². The summed E-state index contributed by atoms with van der Waals surface area (Å²) in [6.07, 6.45) is -4.79. The normalized spacial score (nSPS) is 25.2. The summed E-state index contributed by atoms with van der Waals surface area (Å²) in [7, 11) is 0. The molecular weight excluding hydrogens is 269 g/mol. The van der Waals surface area contributed by atoms with E-state index in [0.717, 1.165) is 12.1 Å². The first-order valence-corrected chi connectivity index (χ1v) is 5.92. The van der Waals surface area contributed by atoms with Crippen LogP contribution in [0.4, 0.5) is 13.2 Å². The number of hydrogen-bond donors (Lipinski definition) is 1. The second-order valence-corrected chi connectivity index (χ2v) is 4.68. The van der Waals surface area contributed by atoms with Crippen molar-refractivity contribution in [3.63, 3.8) is 0 Å². The highest BCUT2D eigenvalue weighted by Crippen LogP contribution is 2.37. The summed E-state index contributed by atoms with van der Waals surface area (Å²) in [5, 5.41) is 9.74. The van der Waals surface area contributed by atoms with Crippen LogP contribution in [0.5, 0.6) is 0 Å². The lowest BCUT2D eigenvalue weighted by molar-refractivity contribution is -0.137. The molecule has 2 unspecified atom stereocenters. The molecular formula is C12H12ClF3O2. The zero-order valence-electron chi connectivity index (χ0n) is 9.38. The number of ether oxygens (including phenoxy) is 1. The lowest BCUT2D eigenvalue weighted by Crippen LogP contribution is -2.23. The molecule has 1 N–H and O–H groups in total. The molecule has 0 amide bonds. The van der Waals surface area contributed by atoms with Gasteiger partial charge in [0.05, 0.1) is 17.8 Å². The summed E-state index contributed by atoms with van der Waals surface area (Å²) >= 11 is 5.90. The second kappa shape index (κ2) is 5.07. The summed E-state index contributed by atoms with van der Waals surface area (Å²) in [5.41, 5.74) is -0.476. The Hall–Kier alpha value is -0.780. The van der Waals surface area contributed by atoms with Crippen LogP contribution in [0.1, 0.15) is 30.1 Å². The van der Waals surface area contributed by atoms with Gasteiger partial charge in [0.2, 0.25) is 0 Å². The molecule has 0 radical (unpaired) electrons. The van der Waals surface area contributed by atoms with E-state index >= 15 is 0 Å². The van der Waals surface area contributed by atoms with Crippen molar-refractivity contribution in [2.24, 2.45) is 0 Å². The van der Waals surface area contributed by atoms with Crippen LogP contribution < -0.4 is 0 Å². The average molecular weight is 281 g/mol. The van der Waals surface area contributed by atoms with Gasteiger partial charge in [-0.05, 0) is 24.6 Å². The zero-order valence-corrected chi connectivity index (χ0v) is 10.1. The minimum atomic E-state index is -4.41. The van der Waals surface area contributed by atoms with Gasteiger partial charge in [-0.2, -0.15) is 13.2 Å². The number of rotatable bonds is 1. The minimum absolute atomic E-state index is 0.224. The topological polar surface area (TPSA) is 29.5 Å². The van der Waals surface area contributed by atoms with E-state index in [4.69, 9.17) is 16.3 Å². The van der Waals surface area contributed by atoms with E-state index in [0.29, 0.717) is 13.0 Å². The highest BCUT2D eigenvalue weighted by atomic mass is 35.5. The molecule has 0 aliphatic carbocycles. The number of alkyl halides is 3. The van der Waals surface area contributed by atoms with E-state index < -0.39 is 23.9 Å². The average Bonchev–Trinajstić information content (AvgIpc) is 2.28. The van der Waals surface area contributed by atoms with E-state index in [-0.39, 0.29) is 17.0 Å². The van der Waals surface area contributed by atoms with Crippen LogP contribution in [-0.4, -0.2) is 17.8 Å². The number of benzene rings is 1. The summed E-state index contributed by atoms with van der Waals surface area (Å²) in [6, 6.07) is 3.14. The van der Waals surface area contributed by atoms with Gasteiger partial charge in [-0.15, -0.1) is 0 Å². The highest BCUT2D eigenvalue weighted by Gasteiger charge is 2.32. The molecule has 0 bridgehead atoms. The lowest BCUT2D eigenvalue weighted by atomic mass is 9.97. The van der Waals surface area contributed by atoms with Gasteiger partial charge in [0.15, 0.2) is 0 Å². The van der Waals surface area contributed by atoms with E-state index in [1.807, 2.05) is 0 Å². The van der Waals surface area contributed by atoms with Gasteiger partial charge < -0.3 is 9.84 Å².